The van der Waals surface area contributed by atoms with Crippen LogP contribution in [0.4, 0.5) is 4.39 Å². The zero-order chi connectivity index (χ0) is 15.4. The minimum atomic E-state index is -0.313. The summed E-state index contributed by atoms with van der Waals surface area (Å²) in [7, 11) is 3.43. The lowest BCUT2D eigenvalue weighted by atomic mass is 10.0. The first-order valence-corrected chi connectivity index (χ1v) is 7.58. The fraction of sp³-hybridized carbons (Fsp3) is 0.357. The molecule has 0 amide bonds. The molecule has 1 heterocycles. The van der Waals surface area contributed by atoms with E-state index in [0.29, 0.717) is 22.6 Å². The van der Waals surface area contributed by atoms with Crippen LogP contribution in [-0.2, 0) is 11.3 Å². The van der Waals surface area contributed by atoms with Crippen LogP contribution in [0.5, 0.6) is 0 Å². The zero-order valence-corrected chi connectivity index (χ0v) is 14.1. The van der Waals surface area contributed by atoms with Gasteiger partial charge in [-0.05, 0) is 40.7 Å². The van der Waals surface area contributed by atoms with Crippen LogP contribution in [0.15, 0.2) is 28.9 Å². The first-order chi connectivity index (χ1) is 10.1. The van der Waals surface area contributed by atoms with Gasteiger partial charge in [0.25, 0.3) is 0 Å². The molecule has 4 nitrogen and oxygen atoms in total. The van der Waals surface area contributed by atoms with Crippen molar-refractivity contribution in [3.63, 3.8) is 0 Å². The Kier molecular flexibility index (Phi) is 5.75. The highest BCUT2D eigenvalue weighted by Gasteiger charge is 2.21. The Balaban J connectivity index is 2.40. The molecule has 1 N–H and O–H groups in total. The van der Waals surface area contributed by atoms with E-state index in [-0.39, 0.29) is 11.9 Å². The van der Waals surface area contributed by atoms with Crippen LogP contribution < -0.4 is 5.32 Å². The van der Waals surface area contributed by atoms with Crippen molar-refractivity contribution in [2.75, 3.05) is 20.8 Å². The fourth-order valence-corrected chi connectivity index (χ4v) is 2.66. The summed E-state index contributed by atoms with van der Waals surface area (Å²) in [6.45, 7) is 1.10. The number of rotatable bonds is 6. The number of nitrogens with zero attached hydrogens (tertiary/aromatic N) is 2. The molecule has 114 valence electrons. The van der Waals surface area contributed by atoms with Gasteiger partial charge in [0, 0.05) is 7.11 Å². The summed E-state index contributed by atoms with van der Waals surface area (Å²) < 4.78 is 21.0. The van der Waals surface area contributed by atoms with Gasteiger partial charge in [-0.1, -0.05) is 17.7 Å². The van der Waals surface area contributed by atoms with Crippen molar-refractivity contribution in [2.24, 2.45) is 0 Å². The van der Waals surface area contributed by atoms with Crippen molar-refractivity contribution in [3.8, 4) is 0 Å². The predicted molar refractivity (Wildman–Crippen MR) is 84.1 cm³/mol. The van der Waals surface area contributed by atoms with E-state index < -0.39 is 0 Å². The van der Waals surface area contributed by atoms with Gasteiger partial charge in [-0.2, -0.15) is 5.10 Å². The molecule has 0 spiro atoms. The van der Waals surface area contributed by atoms with Crippen LogP contribution in [0.25, 0.3) is 0 Å². The number of halogens is 3. The standard InChI is InChI=1S/C14H16BrClFN3O/c1-18-13(9-3-4-10(15)12(17)7-9)14-11(16)8-19-20(14)5-6-21-2/h3-4,7-8,13,18H,5-6H2,1-2H3. The zero-order valence-electron chi connectivity index (χ0n) is 11.7. The molecule has 1 unspecified atom stereocenters. The fourth-order valence-electron chi connectivity index (χ4n) is 2.17. The van der Waals surface area contributed by atoms with Crippen LogP contribution in [-0.4, -0.2) is 30.5 Å². The molecule has 2 rings (SSSR count). The first-order valence-electron chi connectivity index (χ1n) is 6.40. The molecule has 7 heteroatoms. The third kappa shape index (κ3) is 3.63. The molecule has 0 radical (unpaired) electrons. The first kappa shape index (κ1) is 16.4. The Labute approximate surface area is 136 Å². The summed E-state index contributed by atoms with van der Waals surface area (Å²) in [5.41, 5.74) is 1.57. The summed E-state index contributed by atoms with van der Waals surface area (Å²) in [6.07, 6.45) is 1.59. The summed E-state index contributed by atoms with van der Waals surface area (Å²) in [5.74, 6) is -0.313. The Bertz CT molecular complexity index is 620. The van der Waals surface area contributed by atoms with Gasteiger partial charge < -0.3 is 10.1 Å². The third-order valence-corrected chi connectivity index (χ3v) is 4.11. The van der Waals surface area contributed by atoms with Gasteiger partial charge >= 0.3 is 0 Å². The topological polar surface area (TPSA) is 39.1 Å². The second-order valence-corrected chi connectivity index (χ2v) is 5.75. The average molecular weight is 377 g/mol. The molecule has 0 fully saturated rings. The maximum absolute atomic E-state index is 13.8. The molecule has 21 heavy (non-hydrogen) atoms. The monoisotopic (exact) mass is 375 g/mol. The number of benzene rings is 1. The van der Waals surface area contributed by atoms with E-state index in [0.717, 1.165) is 11.3 Å². The maximum atomic E-state index is 13.8. The number of aromatic nitrogens is 2. The van der Waals surface area contributed by atoms with Gasteiger partial charge in [0.2, 0.25) is 0 Å². The van der Waals surface area contributed by atoms with Crippen molar-refractivity contribution in [3.05, 3.63) is 51.0 Å². The number of hydrogen-bond donors (Lipinski definition) is 1. The van der Waals surface area contributed by atoms with Crippen LogP contribution in [0.3, 0.4) is 0 Å². The van der Waals surface area contributed by atoms with E-state index >= 15 is 0 Å². The van der Waals surface area contributed by atoms with Gasteiger partial charge in [-0.15, -0.1) is 0 Å². The van der Waals surface area contributed by atoms with E-state index in [2.05, 4.69) is 26.3 Å². The van der Waals surface area contributed by atoms with Crippen LogP contribution in [0, 0.1) is 5.82 Å². The number of hydrogen-bond acceptors (Lipinski definition) is 3. The minimum Gasteiger partial charge on any atom is -0.383 e. The molecule has 0 saturated heterocycles. The molecule has 1 aromatic carbocycles. The van der Waals surface area contributed by atoms with Crippen LogP contribution in [0.2, 0.25) is 5.02 Å². The molecule has 0 aliphatic carbocycles. The molecule has 0 aliphatic heterocycles. The Morgan fingerprint density at radius 3 is 2.90 bits per heavy atom. The molecule has 1 atom stereocenters. The van der Waals surface area contributed by atoms with Crippen molar-refractivity contribution in [2.45, 2.75) is 12.6 Å². The SMILES string of the molecule is CNC(c1ccc(Br)c(F)c1)c1c(Cl)cnn1CCOC. The molecule has 0 saturated carbocycles. The van der Waals surface area contributed by atoms with E-state index in [4.69, 9.17) is 16.3 Å². The largest absolute Gasteiger partial charge is 0.383 e. The summed E-state index contributed by atoms with van der Waals surface area (Å²) in [5, 5.41) is 7.94. The normalized spacial score (nSPS) is 12.6. The van der Waals surface area contributed by atoms with Crippen molar-refractivity contribution in [1.82, 2.24) is 15.1 Å². The highest BCUT2D eigenvalue weighted by Crippen LogP contribution is 2.30. The predicted octanol–water partition coefficient (Wildman–Crippen LogP) is 3.39. The van der Waals surface area contributed by atoms with Crippen molar-refractivity contribution < 1.29 is 9.13 Å². The maximum Gasteiger partial charge on any atom is 0.137 e. The van der Waals surface area contributed by atoms with Gasteiger partial charge in [0.15, 0.2) is 0 Å². The van der Waals surface area contributed by atoms with Crippen molar-refractivity contribution >= 4 is 27.5 Å². The van der Waals surface area contributed by atoms with E-state index in [9.17, 15) is 4.39 Å². The van der Waals surface area contributed by atoms with Gasteiger partial charge in [0.05, 0.1) is 40.6 Å². The third-order valence-electron chi connectivity index (χ3n) is 3.18. The highest BCUT2D eigenvalue weighted by molar-refractivity contribution is 9.10. The molecular formula is C14H16BrClFN3O. The summed E-state index contributed by atoms with van der Waals surface area (Å²) in [6, 6.07) is 4.76. The Morgan fingerprint density at radius 1 is 1.52 bits per heavy atom. The lowest BCUT2D eigenvalue weighted by Gasteiger charge is -2.19. The summed E-state index contributed by atoms with van der Waals surface area (Å²) >= 11 is 9.41. The van der Waals surface area contributed by atoms with Crippen LogP contribution >= 0.6 is 27.5 Å². The smallest absolute Gasteiger partial charge is 0.137 e. The van der Waals surface area contributed by atoms with Gasteiger partial charge in [-0.25, -0.2) is 4.39 Å². The van der Waals surface area contributed by atoms with E-state index in [1.165, 1.54) is 6.07 Å². The lowest BCUT2D eigenvalue weighted by Crippen LogP contribution is -2.23. The lowest BCUT2D eigenvalue weighted by molar-refractivity contribution is 0.182. The molecule has 2 aromatic rings. The number of nitrogens with one attached hydrogen (secondary N) is 1. The minimum absolute atomic E-state index is 0.251. The second kappa shape index (κ2) is 7.35. The average Bonchev–Trinajstić information content (AvgIpc) is 2.83. The van der Waals surface area contributed by atoms with Crippen LogP contribution in [0.1, 0.15) is 17.3 Å². The van der Waals surface area contributed by atoms with Crippen molar-refractivity contribution in [1.29, 1.82) is 0 Å². The number of methoxy groups -OCH3 is 1. The quantitative estimate of drug-likeness (QED) is 0.840. The second-order valence-electron chi connectivity index (χ2n) is 4.49. The summed E-state index contributed by atoms with van der Waals surface area (Å²) in [4.78, 5) is 0. The van der Waals surface area contributed by atoms with E-state index in [1.54, 1.807) is 31.1 Å². The Hall–Kier alpha value is -0.950. The Morgan fingerprint density at radius 2 is 2.29 bits per heavy atom. The van der Waals surface area contributed by atoms with Gasteiger partial charge in [0.1, 0.15) is 5.82 Å². The highest BCUT2D eigenvalue weighted by atomic mass is 79.9. The number of ether oxygens (including phenoxy) is 1. The van der Waals surface area contributed by atoms with E-state index in [1.807, 2.05) is 6.07 Å². The molecule has 0 aliphatic rings. The molecular weight excluding hydrogens is 361 g/mol. The van der Waals surface area contributed by atoms with Gasteiger partial charge in [-0.3, -0.25) is 4.68 Å². The molecule has 0 bridgehead atoms. The molecule has 1 aromatic heterocycles.